The summed E-state index contributed by atoms with van der Waals surface area (Å²) in [7, 11) is -4.38. The molecule has 0 saturated carbocycles. The van der Waals surface area contributed by atoms with E-state index in [2.05, 4.69) is 18.8 Å². The smallest absolute Gasteiger partial charge is 0.176 e. The second-order valence-electron chi connectivity index (χ2n) is 1.63. The Labute approximate surface area is 115 Å². The van der Waals surface area contributed by atoms with Gasteiger partial charge < -0.3 is 0 Å². The van der Waals surface area contributed by atoms with Crippen LogP contribution in [0.25, 0.3) is 0 Å². The molecule has 0 aliphatic heterocycles. The molecule has 88 valence electrons. The van der Waals surface area contributed by atoms with Crippen molar-refractivity contribution in [2.45, 2.75) is 0 Å². The maximum absolute atomic E-state index is 10.9. The summed E-state index contributed by atoms with van der Waals surface area (Å²) in [6.07, 6.45) is 0. The second-order valence-corrected chi connectivity index (χ2v) is 16.8. The van der Waals surface area contributed by atoms with Crippen molar-refractivity contribution in [1.29, 1.82) is 0 Å². The first-order chi connectivity index (χ1) is 6.41. The molecule has 6 nitrogen and oxygen atoms in total. The van der Waals surface area contributed by atoms with Gasteiger partial charge in [-0.15, -0.1) is 0 Å². The SMILES string of the molecule is O=S(=O)(N=N[P+](Cl)(Cl)Cl)N=N[P+](Cl)(Cl)Cl. The van der Waals surface area contributed by atoms with E-state index in [0.29, 0.717) is 0 Å². The lowest BCUT2D eigenvalue weighted by Gasteiger charge is -1.87. The highest BCUT2D eigenvalue weighted by Crippen LogP contribution is 2.76. The van der Waals surface area contributed by atoms with Gasteiger partial charge in [0.15, 0.2) is 67.4 Å². The van der Waals surface area contributed by atoms with E-state index < -0.39 is 21.2 Å². The third-order valence-electron chi connectivity index (χ3n) is 0.482. The molecular formula is Cl6N4O2P2S+2. The maximum Gasteiger partial charge on any atom is 0.445 e. The lowest BCUT2D eigenvalue weighted by atomic mass is 13.2. The highest BCUT2D eigenvalue weighted by Gasteiger charge is 2.36. The van der Waals surface area contributed by atoms with Gasteiger partial charge >= 0.3 is 21.2 Å². The summed E-state index contributed by atoms with van der Waals surface area (Å²) in [5.74, 6) is 0. The summed E-state index contributed by atoms with van der Waals surface area (Å²) >= 11 is 31.2. The van der Waals surface area contributed by atoms with Crippen molar-refractivity contribution in [3.63, 3.8) is 0 Å². The van der Waals surface area contributed by atoms with Crippen LogP contribution in [-0.2, 0) is 10.2 Å². The van der Waals surface area contributed by atoms with Crippen molar-refractivity contribution in [3.05, 3.63) is 0 Å². The quantitative estimate of drug-likeness (QED) is 0.437. The summed E-state index contributed by atoms with van der Waals surface area (Å²) in [6, 6.07) is 0. The van der Waals surface area contributed by atoms with Crippen LogP contribution in [0.5, 0.6) is 0 Å². The van der Waals surface area contributed by atoms with E-state index in [4.69, 9.17) is 67.4 Å². The molecule has 0 N–H and O–H groups in total. The van der Waals surface area contributed by atoms with Crippen LogP contribution in [0.3, 0.4) is 0 Å². The van der Waals surface area contributed by atoms with Crippen LogP contribution in [0.4, 0.5) is 0 Å². The zero-order valence-electron chi connectivity index (χ0n) is 6.18. The van der Waals surface area contributed by atoms with Gasteiger partial charge in [0, 0.05) is 18.8 Å². The van der Waals surface area contributed by atoms with Crippen LogP contribution in [0.15, 0.2) is 18.8 Å². The minimum absolute atomic E-state index is 2.66. The van der Waals surface area contributed by atoms with Gasteiger partial charge in [0.25, 0.3) is 0 Å². The summed E-state index contributed by atoms with van der Waals surface area (Å²) in [5, 5.41) is 0. The lowest BCUT2D eigenvalue weighted by Crippen LogP contribution is -1.85. The Hall–Kier alpha value is 1.75. The highest BCUT2D eigenvalue weighted by molar-refractivity contribution is 8.32. The summed E-state index contributed by atoms with van der Waals surface area (Å²) in [4.78, 5) is 5.81. The zero-order chi connectivity index (χ0) is 12.3. The first-order valence-electron chi connectivity index (χ1n) is 2.51. The Balaban J connectivity index is 4.75. The highest BCUT2D eigenvalue weighted by atomic mass is 36.1. The Bertz CT molecular complexity index is 334. The standard InChI is InChI=1S/Cl6N4O2P2S/c1-13(2,3)7-9-15(11,12)10-8-14(4,5)6/q+2. The molecule has 0 aromatic heterocycles. The van der Waals surface area contributed by atoms with Gasteiger partial charge in [-0.05, 0) is 0 Å². The van der Waals surface area contributed by atoms with E-state index in [-0.39, 0.29) is 0 Å². The predicted molar refractivity (Wildman–Crippen MR) is 67.6 cm³/mol. The molecule has 0 atom stereocenters. The molecule has 0 fully saturated rings. The minimum Gasteiger partial charge on any atom is -0.176 e. The zero-order valence-corrected chi connectivity index (χ0v) is 13.3. The fourth-order valence-corrected chi connectivity index (χ4v) is 3.12. The van der Waals surface area contributed by atoms with E-state index in [1.165, 1.54) is 0 Å². The van der Waals surface area contributed by atoms with Crippen LogP contribution in [0.2, 0.25) is 0 Å². The van der Waals surface area contributed by atoms with E-state index in [1.807, 2.05) is 0 Å². The van der Waals surface area contributed by atoms with Gasteiger partial charge in [0.05, 0.1) is 0 Å². The minimum atomic E-state index is -4.38. The molecular weight excluding hydrogens is 395 g/mol. The number of hydrogen-bond acceptors (Lipinski definition) is 4. The van der Waals surface area contributed by atoms with Crippen molar-refractivity contribution in [2.24, 2.45) is 18.8 Å². The Morgan fingerprint density at radius 2 is 1.00 bits per heavy atom. The third kappa shape index (κ3) is 12.0. The average Bonchev–Trinajstić information content (AvgIpc) is 1.96. The van der Waals surface area contributed by atoms with Crippen molar-refractivity contribution in [3.8, 4) is 0 Å². The van der Waals surface area contributed by atoms with Crippen LogP contribution >= 0.6 is 78.4 Å². The van der Waals surface area contributed by atoms with E-state index >= 15 is 0 Å². The number of hydrogen-bond donors (Lipinski definition) is 0. The maximum atomic E-state index is 10.9. The first kappa shape index (κ1) is 16.8. The van der Waals surface area contributed by atoms with Gasteiger partial charge in [0.2, 0.25) is 0 Å². The predicted octanol–water partition coefficient (Wildman–Crippen LogP) is 5.92. The van der Waals surface area contributed by atoms with Gasteiger partial charge in [-0.3, -0.25) is 0 Å². The Morgan fingerprint density at radius 3 is 1.20 bits per heavy atom. The lowest BCUT2D eigenvalue weighted by molar-refractivity contribution is 0.596. The molecule has 0 rings (SSSR count). The monoisotopic (exact) mass is 392 g/mol. The van der Waals surface area contributed by atoms with E-state index in [0.717, 1.165) is 0 Å². The molecule has 0 unspecified atom stereocenters. The summed E-state index contributed by atoms with van der Waals surface area (Å²) < 4.78 is 27.1. The average molecular weight is 395 g/mol. The molecule has 0 saturated heterocycles. The van der Waals surface area contributed by atoms with Gasteiger partial charge in [-0.2, -0.15) is 8.42 Å². The third-order valence-corrected chi connectivity index (χ3v) is 3.10. The van der Waals surface area contributed by atoms with Crippen LogP contribution in [0, 0.1) is 0 Å². The molecule has 0 aliphatic carbocycles. The van der Waals surface area contributed by atoms with Gasteiger partial charge in [0.1, 0.15) is 0 Å². The van der Waals surface area contributed by atoms with Crippen LogP contribution in [-0.4, -0.2) is 8.42 Å². The normalized spacial score (nSPS) is 15.3. The molecule has 0 heterocycles. The second kappa shape index (κ2) is 6.07. The van der Waals surface area contributed by atoms with Crippen molar-refractivity contribution in [1.82, 2.24) is 0 Å². The van der Waals surface area contributed by atoms with Crippen molar-refractivity contribution < 1.29 is 8.42 Å². The molecule has 15 heteroatoms. The van der Waals surface area contributed by atoms with E-state index in [9.17, 15) is 8.42 Å². The number of rotatable bonds is 4. The molecule has 0 spiro atoms. The fraction of sp³-hybridized carbons (Fsp3) is 0. The van der Waals surface area contributed by atoms with Crippen molar-refractivity contribution in [2.75, 3.05) is 0 Å². The molecule has 0 aromatic rings. The first-order valence-corrected chi connectivity index (χ1v) is 12.8. The molecule has 15 heavy (non-hydrogen) atoms. The van der Waals surface area contributed by atoms with Crippen molar-refractivity contribution >= 4 is 88.6 Å². The Kier molecular flexibility index (Phi) is 6.78. The largest absolute Gasteiger partial charge is 0.445 e. The van der Waals surface area contributed by atoms with Gasteiger partial charge in [-0.25, -0.2) is 0 Å². The molecule has 0 amide bonds. The number of halogens is 6. The summed E-state index contributed by atoms with van der Waals surface area (Å²) in [5.41, 5.74) is -6.54. The summed E-state index contributed by atoms with van der Waals surface area (Å²) in [6.45, 7) is 0. The fourth-order valence-electron chi connectivity index (χ4n) is 0.191. The number of nitrogens with zero attached hydrogens (tertiary/aromatic N) is 4. The topological polar surface area (TPSA) is 83.6 Å². The van der Waals surface area contributed by atoms with Crippen LogP contribution < -0.4 is 0 Å². The molecule has 0 aromatic carbocycles. The van der Waals surface area contributed by atoms with Gasteiger partial charge in [-0.1, -0.05) is 0 Å². The Morgan fingerprint density at radius 1 is 0.733 bits per heavy atom. The molecule has 0 aliphatic rings. The molecule has 0 bridgehead atoms. The van der Waals surface area contributed by atoms with E-state index in [1.54, 1.807) is 0 Å². The molecule has 0 radical (unpaired) electrons. The van der Waals surface area contributed by atoms with Crippen LogP contribution in [0.1, 0.15) is 0 Å².